The largest absolute Gasteiger partial charge is 0.444 e. The number of urea groups is 1. The molecule has 3 heterocycles. The van der Waals surface area contributed by atoms with Gasteiger partial charge in [0, 0.05) is 25.2 Å². The van der Waals surface area contributed by atoms with Gasteiger partial charge >= 0.3 is 12.1 Å². The number of fused-ring (bicyclic) bond motifs is 1. The summed E-state index contributed by atoms with van der Waals surface area (Å²) in [4.78, 5) is 76.7. The Bertz CT molecular complexity index is 1880. The van der Waals surface area contributed by atoms with Crippen molar-refractivity contribution in [3.63, 3.8) is 0 Å². The molecule has 0 unspecified atom stereocenters. The molecule has 0 radical (unpaired) electrons. The maximum atomic E-state index is 14.6. The smallest absolute Gasteiger partial charge is 0.410 e. The molecule has 0 spiro atoms. The average molecular weight is 752 g/mol. The van der Waals surface area contributed by atoms with Crippen molar-refractivity contribution in [2.24, 2.45) is 5.73 Å². The minimum Gasteiger partial charge on any atom is -0.444 e. The molecule has 0 aliphatic carbocycles. The standard InChI is InChI=1S/C41H49N7O7/c42-23-11-10-19-32(36(49)38-45-31-18-8-9-20-35(31)55-38)44-37(50)34-26-30(54-41(53)47-24-12-3-13-25-47)27-48(34)39(51)33(22-21-28-14-4-1-5-15-28)46-40(52)43-29-16-6-2-7-17-29/h1-2,4-9,14-18,20,30,32-34H,3,10-13,19,21-27,42H2,(H,44,50)(H2,43,46,52)/t30-,32+,33-,34+/m1/s1. The average Bonchev–Trinajstić information content (AvgIpc) is 3.85. The zero-order valence-corrected chi connectivity index (χ0v) is 30.9. The molecular formula is C41H49N7O7. The molecule has 2 saturated heterocycles. The summed E-state index contributed by atoms with van der Waals surface area (Å²) in [5.74, 6) is -1.75. The van der Waals surface area contributed by atoms with E-state index in [0.717, 1.165) is 24.8 Å². The van der Waals surface area contributed by atoms with Crippen molar-refractivity contribution >= 4 is 46.5 Å². The maximum absolute atomic E-state index is 14.6. The zero-order valence-electron chi connectivity index (χ0n) is 30.9. The molecular weight excluding hydrogens is 702 g/mol. The Balaban J connectivity index is 1.25. The number of para-hydroxylation sites is 3. The number of aryl methyl sites for hydroxylation is 1. The highest BCUT2D eigenvalue weighted by molar-refractivity contribution is 6.01. The van der Waals surface area contributed by atoms with Crippen molar-refractivity contribution < 1.29 is 33.1 Å². The summed E-state index contributed by atoms with van der Waals surface area (Å²) >= 11 is 0. The lowest BCUT2D eigenvalue weighted by atomic mass is 10.0. The number of ketones is 1. The van der Waals surface area contributed by atoms with Crippen LogP contribution in [0.1, 0.15) is 67.6 Å². The van der Waals surface area contributed by atoms with Crippen LogP contribution in [0.2, 0.25) is 0 Å². The van der Waals surface area contributed by atoms with Gasteiger partial charge in [0.25, 0.3) is 5.89 Å². The Labute approximate surface area is 320 Å². The number of anilines is 1. The Hall–Kier alpha value is -5.76. The molecule has 14 nitrogen and oxygen atoms in total. The molecule has 1 aromatic heterocycles. The third-order valence-corrected chi connectivity index (χ3v) is 10.0. The third-order valence-electron chi connectivity index (χ3n) is 10.0. The summed E-state index contributed by atoms with van der Waals surface area (Å²) in [5, 5.41) is 8.48. The van der Waals surface area contributed by atoms with E-state index >= 15 is 0 Å². The normalized spacial score (nSPS) is 18.0. The molecule has 14 heteroatoms. The molecule has 290 valence electrons. The number of nitrogens with two attached hydrogens (primary N) is 1. The second-order valence-electron chi connectivity index (χ2n) is 14.0. The van der Waals surface area contributed by atoms with Gasteiger partial charge in [-0.25, -0.2) is 14.6 Å². The van der Waals surface area contributed by atoms with Gasteiger partial charge in [0.2, 0.25) is 17.6 Å². The number of ether oxygens (including phenoxy) is 1. The number of nitrogens with zero attached hydrogens (tertiary/aromatic N) is 3. The number of Topliss-reactive ketones (excluding diaryl/α,β-unsaturated/α-hetero) is 1. The van der Waals surface area contributed by atoms with E-state index in [1.807, 2.05) is 36.4 Å². The molecule has 2 fully saturated rings. The van der Waals surface area contributed by atoms with Crippen molar-refractivity contribution in [3.05, 3.63) is 96.4 Å². The van der Waals surface area contributed by atoms with Crippen LogP contribution in [0.3, 0.4) is 0 Å². The summed E-state index contributed by atoms with van der Waals surface area (Å²) in [6.07, 6.45) is 3.59. The molecule has 0 saturated carbocycles. The Morgan fingerprint density at radius 3 is 2.27 bits per heavy atom. The molecule has 0 bridgehead atoms. The zero-order chi connectivity index (χ0) is 38.6. The number of amides is 5. The number of hydrogen-bond acceptors (Lipinski definition) is 9. The highest BCUT2D eigenvalue weighted by atomic mass is 16.6. The summed E-state index contributed by atoms with van der Waals surface area (Å²) in [5.41, 5.74) is 8.21. The van der Waals surface area contributed by atoms with Gasteiger partial charge in [-0.15, -0.1) is 0 Å². The van der Waals surface area contributed by atoms with Crippen LogP contribution >= 0.6 is 0 Å². The van der Waals surface area contributed by atoms with E-state index in [2.05, 4.69) is 20.9 Å². The Morgan fingerprint density at radius 2 is 1.55 bits per heavy atom. The van der Waals surface area contributed by atoms with E-state index in [0.29, 0.717) is 55.7 Å². The number of unbranched alkanes of at least 4 members (excludes halogenated alkanes) is 1. The van der Waals surface area contributed by atoms with Crippen molar-refractivity contribution in [1.29, 1.82) is 0 Å². The molecule has 55 heavy (non-hydrogen) atoms. The summed E-state index contributed by atoms with van der Waals surface area (Å²) in [6, 6.07) is 21.6. The predicted octanol–water partition coefficient (Wildman–Crippen LogP) is 5.04. The minimum absolute atomic E-state index is 0.00533. The van der Waals surface area contributed by atoms with Gasteiger partial charge in [-0.2, -0.15) is 0 Å². The molecule has 4 aromatic rings. The van der Waals surface area contributed by atoms with Crippen molar-refractivity contribution in [2.45, 2.75) is 82.0 Å². The number of aromatic nitrogens is 1. The van der Waals surface area contributed by atoms with Crippen molar-refractivity contribution in [1.82, 2.24) is 25.4 Å². The topological polar surface area (TPSA) is 189 Å². The number of benzene rings is 3. The Morgan fingerprint density at radius 1 is 0.836 bits per heavy atom. The van der Waals surface area contributed by atoms with Gasteiger partial charge < -0.3 is 40.6 Å². The SMILES string of the molecule is NCCCC[C@H](NC(=O)[C@@H]1C[C@@H](OC(=O)N2CCCCC2)CN1C(=O)[C@@H](CCc1ccccc1)NC(=O)Nc1ccccc1)C(=O)c1nc2ccccc2o1. The molecule has 6 rings (SSSR count). The second-order valence-corrected chi connectivity index (χ2v) is 14.0. The van der Waals surface area contributed by atoms with Crippen LogP contribution in [-0.4, -0.2) is 94.9 Å². The molecule has 4 atom stereocenters. The lowest BCUT2D eigenvalue weighted by Gasteiger charge is -2.29. The summed E-state index contributed by atoms with van der Waals surface area (Å²) in [7, 11) is 0. The van der Waals surface area contributed by atoms with Crippen molar-refractivity contribution in [3.8, 4) is 0 Å². The fourth-order valence-electron chi connectivity index (χ4n) is 7.08. The third kappa shape index (κ3) is 10.5. The molecule has 5 N–H and O–H groups in total. The summed E-state index contributed by atoms with van der Waals surface area (Å²) < 4.78 is 11.7. The van der Waals surface area contributed by atoms with Crippen LogP contribution in [0.4, 0.5) is 15.3 Å². The van der Waals surface area contributed by atoms with Gasteiger partial charge in [-0.3, -0.25) is 14.4 Å². The predicted molar refractivity (Wildman–Crippen MR) is 206 cm³/mol. The number of piperidine rings is 1. The second kappa shape index (κ2) is 19.0. The molecule has 2 aliphatic rings. The van der Waals surface area contributed by atoms with E-state index in [1.54, 1.807) is 53.4 Å². The van der Waals surface area contributed by atoms with Gasteiger partial charge in [0.1, 0.15) is 23.7 Å². The first-order chi connectivity index (χ1) is 26.8. The van der Waals surface area contributed by atoms with Gasteiger partial charge in [0.05, 0.1) is 12.6 Å². The van der Waals surface area contributed by atoms with Crippen LogP contribution in [0, 0.1) is 0 Å². The Kier molecular flexibility index (Phi) is 13.5. The van der Waals surface area contributed by atoms with Crippen LogP contribution in [0.15, 0.2) is 89.3 Å². The maximum Gasteiger partial charge on any atom is 0.410 e. The van der Waals surface area contributed by atoms with E-state index in [4.69, 9.17) is 14.9 Å². The first-order valence-electron chi connectivity index (χ1n) is 19.1. The van der Waals surface area contributed by atoms with Gasteiger partial charge in [-0.1, -0.05) is 60.7 Å². The molecule has 2 aliphatic heterocycles. The molecule has 3 aromatic carbocycles. The fourth-order valence-corrected chi connectivity index (χ4v) is 7.08. The number of carbonyl (C=O) groups is 5. The number of nitrogens with one attached hydrogen (secondary N) is 3. The first-order valence-corrected chi connectivity index (χ1v) is 19.1. The number of rotatable bonds is 15. The monoisotopic (exact) mass is 751 g/mol. The van der Waals surface area contributed by atoms with Gasteiger partial charge in [0.15, 0.2) is 5.58 Å². The van der Waals surface area contributed by atoms with E-state index in [-0.39, 0.29) is 31.7 Å². The van der Waals surface area contributed by atoms with E-state index in [1.165, 1.54) is 4.90 Å². The minimum atomic E-state index is -1.11. The lowest BCUT2D eigenvalue weighted by Crippen LogP contribution is -2.55. The summed E-state index contributed by atoms with van der Waals surface area (Å²) in [6.45, 7) is 1.48. The highest BCUT2D eigenvalue weighted by Gasteiger charge is 2.45. The van der Waals surface area contributed by atoms with Crippen LogP contribution in [0.5, 0.6) is 0 Å². The highest BCUT2D eigenvalue weighted by Crippen LogP contribution is 2.26. The number of likely N-dealkylation sites (tertiary alicyclic amines) is 2. The van der Waals surface area contributed by atoms with Crippen LogP contribution in [0.25, 0.3) is 11.1 Å². The lowest BCUT2D eigenvalue weighted by molar-refractivity contribution is -0.140. The number of carbonyl (C=O) groups excluding carboxylic acids is 5. The quantitative estimate of drug-likeness (QED) is 0.0953. The number of oxazole rings is 1. The van der Waals surface area contributed by atoms with E-state index in [9.17, 15) is 24.0 Å². The fraction of sp³-hybridized carbons (Fsp3) is 0.415. The van der Waals surface area contributed by atoms with Gasteiger partial charge in [-0.05, 0) is 87.7 Å². The number of hydrogen-bond donors (Lipinski definition) is 4. The first kappa shape index (κ1) is 38.9. The molecule has 5 amide bonds. The van der Waals surface area contributed by atoms with Crippen LogP contribution < -0.4 is 21.7 Å². The van der Waals surface area contributed by atoms with E-state index < -0.39 is 54.0 Å². The van der Waals surface area contributed by atoms with Crippen LogP contribution in [-0.2, 0) is 20.7 Å². The van der Waals surface area contributed by atoms with Crippen molar-refractivity contribution in [2.75, 3.05) is 31.5 Å².